The summed E-state index contributed by atoms with van der Waals surface area (Å²) in [4.78, 5) is 0. The molecule has 0 aromatic heterocycles. The van der Waals surface area contributed by atoms with E-state index in [0.29, 0.717) is 0 Å². The van der Waals surface area contributed by atoms with Gasteiger partial charge in [0.1, 0.15) is 0 Å². The Hall–Kier alpha value is 0.134. The molecule has 0 unspecified atom stereocenters. The zero-order valence-electron chi connectivity index (χ0n) is 10.5. The van der Waals surface area contributed by atoms with E-state index in [1.54, 1.807) is 0 Å². The van der Waals surface area contributed by atoms with E-state index in [9.17, 15) is 0 Å². The first-order chi connectivity index (χ1) is 6.27. The summed E-state index contributed by atoms with van der Waals surface area (Å²) < 4.78 is 6.26. The second-order valence-electron chi connectivity index (χ2n) is 5.51. The molecule has 3 heteroatoms. The average molecular weight is 230 g/mol. The first-order valence-corrected chi connectivity index (χ1v) is 12.1. The Morgan fingerprint density at radius 1 is 1.07 bits per heavy atom. The van der Waals surface area contributed by atoms with Crippen molar-refractivity contribution in [1.29, 1.82) is 0 Å². The number of allylic oxidation sites excluding steroid dienone is 1. The van der Waals surface area contributed by atoms with Crippen LogP contribution in [0, 0.1) is 0 Å². The molecule has 0 spiro atoms. The molecule has 0 rings (SSSR count). The van der Waals surface area contributed by atoms with Crippen molar-refractivity contribution in [3.8, 4) is 0 Å². The van der Waals surface area contributed by atoms with Gasteiger partial charge in [-0.25, -0.2) is 0 Å². The minimum absolute atomic E-state index is 1.15. The van der Waals surface area contributed by atoms with Gasteiger partial charge in [-0.15, -0.1) is 6.58 Å². The van der Waals surface area contributed by atoms with E-state index in [1.807, 2.05) is 6.08 Å². The maximum Gasteiger partial charge on any atom is 0.173 e. The molecule has 0 atom stereocenters. The molecule has 0 heterocycles. The maximum absolute atomic E-state index is 6.26. The molecule has 0 amide bonds. The standard InChI is InChI=1S/C11H26OSi2/c1-7-8-9-10-11-14(5,6)12-13(2,3)4/h7H,1,8-11H2,2-6H3. The van der Waals surface area contributed by atoms with Crippen LogP contribution in [0.4, 0.5) is 0 Å². The Morgan fingerprint density at radius 2 is 1.64 bits per heavy atom. The lowest BCUT2D eigenvalue weighted by Crippen LogP contribution is -2.42. The van der Waals surface area contributed by atoms with Crippen LogP contribution in [-0.2, 0) is 4.12 Å². The van der Waals surface area contributed by atoms with E-state index in [1.165, 1.54) is 18.9 Å². The highest BCUT2D eigenvalue weighted by Gasteiger charge is 2.28. The van der Waals surface area contributed by atoms with Gasteiger partial charge in [0.05, 0.1) is 0 Å². The zero-order valence-corrected chi connectivity index (χ0v) is 12.5. The Kier molecular flexibility index (Phi) is 5.94. The lowest BCUT2D eigenvalue weighted by molar-refractivity contribution is 0.542. The molecule has 0 aliphatic heterocycles. The molecular weight excluding hydrogens is 204 g/mol. The normalized spacial score (nSPS) is 12.9. The van der Waals surface area contributed by atoms with Crippen molar-refractivity contribution < 1.29 is 4.12 Å². The van der Waals surface area contributed by atoms with E-state index in [-0.39, 0.29) is 0 Å². The van der Waals surface area contributed by atoms with Gasteiger partial charge in [0.25, 0.3) is 0 Å². The van der Waals surface area contributed by atoms with Gasteiger partial charge < -0.3 is 4.12 Å². The van der Waals surface area contributed by atoms with Gasteiger partial charge in [-0.1, -0.05) is 18.9 Å². The fraction of sp³-hybridized carbons (Fsp3) is 0.818. The number of unbranched alkanes of at least 4 members (excludes halogenated alkanes) is 2. The maximum atomic E-state index is 6.26. The minimum atomic E-state index is -1.36. The van der Waals surface area contributed by atoms with Crippen molar-refractivity contribution in [3.63, 3.8) is 0 Å². The third-order valence-corrected chi connectivity index (χ3v) is 8.24. The Labute approximate surface area is 91.8 Å². The Bertz CT molecular complexity index is 171. The molecule has 0 fully saturated rings. The minimum Gasteiger partial charge on any atom is -0.456 e. The van der Waals surface area contributed by atoms with E-state index in [4.69, 9.17) is 4.12 Å². The van der Waals surface area contributed by atoms with Gasteiger partial charge in [0, 0.05) is 0 Å². The van der Waals surface area contributed by atoms with Crippen LogP contribution < -0.4 is 0 Å². The molecule has 0 saturated carbocycles. The van der Waals surface area contributed by atoms with Gasteiger partial charge in [0.15, 0.2) is 16.6 Å². The topological polar surface area (TPSA) is 9.23 Å². The largest absolute Gasteiger partial charge is 0.456 e. The lowest BCUT2D eigenvalue weighted by atomic mass is 10.2. The summed E-state index contributed by atoms with van der Waals surface area (Å²) in [5, 5.41) is 0. The van der Waals surface area contributed by atoms with Crippen molar-refractivity contribution in [2.75, 3.05) is 0 Å². The summed E-state index contributed by atoms with van der Waals surface area (Å²) in [5.74, 6) is 0. The van der Waals surface area contributed by atoms with Gasteiger partial charge >= 0.3 is 0 Å². The molecule has 0 aliphatic rings. The SMILES string of the molecule is C=CCCCC[Si](C)(C)O[Si](C)(C)C. The molecule has 0 saturated heterocycles. The van der Waals surface area contributed by atoms with E-state index < -0.39 is 16.6 Å². The van der Waals surface area contributed by atoms with E-state index in [2.05, 4.69) is 39.3 Å². The predicted molar refractivity (Wildman–Crippen MR) is 70.8 cm³/mol. The molecule has 14 heavy (non-hydrogen) atoms. The van der Waals surface area contributed by atoms with Crippen molar-refractivity contribution in [1.82, 2.24) is 0 Å². The Morgan fingerprint density at radius 3 is 2.07 bits per heavy atom. The van der Waals surface area contributed by atoms with Crippen LogP contribution in [-0.4, -0.2) is 16.6 Å². The highest BCUT2D eigenvalue weighted by molar-refractivity contribution is 6.84. The van der Waals surface area contributed by atoms with Gasteiger partial charge in [-0.3, -0.25) is 0 Å². The van der Waals surface area contributed by atoms with Crippen LogP contribution in [0.3, 0.4) is 0 Å². The van der Waals surface area contributed by atoms with Crippen LogP contribution in [0.5, 0.6) is 0 Å². The summed E-state index contributed by atoms with van der Waals surface area (Å²) in [6.45, 7) is 15.3. The van der Waals surface area contributed by atoms with Crippen LogP contribution in [0.2, 0.25) is 38.8 Å². The Balaban J connectivity index is 3.77. The fourth-order valence-electron chi connectivity index (χ4n) is 1.72. The third kappa shape index (κ3) is 8.72. The van der Waals surface area contributed by atoms with Crippen LogP contribution >= 0.6 is 0 Å². The number of rotatable bonds is 7. The van der Waals surface area contributed by atoms with Crippen molar-refractivity contribution in [3.05, 3.63) is 12.7 Å². The summed E-state index contributed by atoms with van der Waals surface area (Å²) >= 11 is 0. The second-order valence-corrected chi connectivity index (χ2v) is 14.6. The number of hydrogen-bond acceptors (Lipinski definition) is 1. The van der Waals surface area contributed by atoms with E-state index >= 15 is 0 Å². The predicted octanol–water partition coefficient (Wildman–Crippen LogP) is 4.40. The van der Waals surface area contributed by atoms with Gasteiger partial charge in [0.2, 0.25) is 0 Å². The molecule has 0 aliphatic carbocycles. The van der Waals surface area contributed by atoms with Crippen molar-refractivity contribution >= 4 is 16.6 Å². The quantitative estimate of drug-likeness (QED) is 0.358. The smallest absolute Gasteiger partial charge is 0.173 e. The second kappa shape index (κ2) is 5.88. The highest BCUT2D eigenvalue weighted by Crippen LogP contribution is 2.20. The van der Waals surface area contributed by atoms with Crippen molar-refractivity contribution in [2.45, 2.75) is 58.0 Å². The zero-order chi connectivity index (χ0) is 11.2. The molecule has 0 aromatic carbocycles. The number of hydrogen-bond donors (Lipinski definition) is 0. The van der Waals surface area contributed by atoms with Crippen LogP contribution in [0.1, 0.15) is 19.3 Å². The van der Waals surface area contributed by atoms with Gasteiger partial charge in [-0.2, -0.15) is 0 Å². The van der Waals surface area contributed by atoms with Crippen LogP contribution in [0.15, 0.2) is 12.7 Å². The van der Waals surface area contributed by atoms with E-state index in [0.717, 1.165) is 6.42 Å². The molecule has 0 bridgehead atoms. The average Bonchev–Trinajstić information content (AvgIpc) is 1.93. The molecule has 0 N–H and O–H groups in total. The van der Waals surface area contributed by atoms with Gasteiger partial charge in [-0.05, 0) is 45.2 Å². The first kappa shape index (κ1) is 14.1. The molecule has 84 valence electrons. The summed E-state index contributed by atoms with van der Waals surface area (Å²) in [6.07, 6.45) is 5.73. The fourth-order valence-corrected chi connectivity index (χ4v) is 9.86. The monoisotopic (exact) mass is 230 g/mol. The summed E-state index contributed by atoms with van der Waals surface area (Å²) in [6, 6.07) is 1.30. The first-order valence-electron chi connectivity index (χ1n) is 5.58. The summed E-state index contributed by atoms with van der Waals surface area (Å²) in [7, 11) is -2.68. The van der Waals surface area contributed by atoms with Crippen molar-refractivity contribution in [2.24, 2.45) is 0 Å². The summed E-state index contributed by atoms with van der Waals surface area (Å²) in [5.41, 5.74) is 0. The molecule has 0 radical (unpaired) electrons. The molecular formula is C11H26OSi2. The van der Waals surface area contributed by atoms with Crippen LogP contribution in [0.25, 0.3) is 0 Å². The third-order valence-electron chi connectivity index (χ3n) is 2.02. The highest BCUT2D eigenvalue weighted by atomic mass is 28.4. The molecule has 1 nitrogen and oxygen atoms in total. The lowest BCUT2D eigenvalue weighted by Gasteiger charge is -2.31. The molecule has 0 aromatic rings.